The Morgan fingerprint density at radius 2 is 2.00 bits per heavy atom. The van der Waals surface area contributed by atoms with Gasteiger partial charge in [-0.3, -0.25) is 4.79 Å². The van der Waals surface area contributed by atoms with Gasteiger partial charge in [-0.2, -0.15) is 13.2 Å². The number of ether oxygens (including phenoxy) is 1. The molecule has 6 heteroatoms. The first-order valence-corrected chi connectivity index (χ1v) is 4.92. The zero-order chi connectivity index (χ0) is 13.2. The highest BCUT2D eigenvalue weighted by Gasteiger charge is 2.39. The molecule has 0 saturated carbocycles. The third-order valence-electron chi connectivity index (χ3n) is 2.14. The van der Waals surface area contributed by atoms with Crippen LogP contribution in [0.1, 0.15) is 29.8 Å². The second kappa shape index (κ2) is 4.65. The van der Waals surface area contributed by atoms with Gasteiger partial charge in [0.1, 0.15) is 5.56 Å². The maximum Gasteiger partial charge on any atom is 0.420 e. The van der Waals surface area contributed by atoms with Crippen LogP contribution in [0.2, 0.25) is 0 Å². The van der Waals surface area contributed by atoms with Crippen LogP contribution in [0, 0.1) is 0 Å². The molecule has 0 saturated heterocycles. The number of ketones is 1. The van der Waals surface area contributed by atoms with E-state index in [1.54, 1.807) is 6.92 Å². The fourth-order valence-electron chi connectivity index (χ4n) is 1.47. The summed E-state index contributed by atoms with van der Waals surface area (Å²) < 4.78 is 43.5. The van der Waals surface area contributed by atoms with Crippen molar-refractivity contribution in [2.24, 2.45) is 0 Å². The highest BCUT2D eigenvalue weighted by molar-refractivity contribution is 5.97. The van der Waals surface area contributed by atoms with Crippen LogP contribution < -0.4 is 10.5 Å². The molecule has 0 bridgehead atoms. The van der Waals surface area contributed by atoms with Crippen LogP contribution in [0.4, 0.5) is 18.9 Å². The van der Waals surface area contributed by atoms with Gasteiger partial charge in [0, 0.05) is 5.56 Å². The standard InChI is InChI=1S/C11H12F3NO2/c1-3-17-10-8(15)5-4-7(6(2)16)9(10)11(12,13)14/h4-5H,3,15H2,1-2H3. The summed E-state index contributed by atoms with van der Waals surface area (Å²) in [6.07, 6.45) is -4.68. The van der Waals surface area contributed by atoms with Crippen molar-refractivity contribution >= 4 is 11.5 Å². The van der Waals surface area contributed by atoms with Crippen molar-refractivity contribution in [3.05, 3.63) is 23.3 Å². The quantitative estimate of drug-likeness (QED) is 0.660. The summed E-state index contributed by atoms with van der Waals surface area (Å²) in [7, 11) is 0. The molecular weight excluding hydrogens is 235 g/mol. The lowest BCUT2D eigenvalue weighted by atomic mass is 10.0. The first-order valence-electron chi connectivity index (χ1n) is 4.92. The second-order valence-corrected chi connectivity index (χ2v) is 3.39. The van der Waals surface area contributed by atoms with Crippen molar-refractivity contribution in [3.63, 3.8) is 0 Å². The number of hydrogen-bond donors (Lipinski definition) is 1. The van der Waals surface area contributed by atoms with E-state index in [4.69, 9.17) is 10.5 Å². The lowest BCUT2D eigenvalue weighted by molar-refractivity contribution is -0.139. The number of hydrogen-bond acceptors (Lipinski definition) is 3. The molecule has 1 aromatic rings. The van der Waals surface area contributed by atoms with E-state index in [2.05, 4.69) is 0 Å². The molecule has 1 aromatic carbocycles. The Labute approximate surface area is 96.4 Å². The van der Waals surface area contributed by atoms with Crippen molar-refractivity contribution in [1.29, 1.82) is 0 Å². The van der Waals surface area contributed by atoms with Crippen molar-refractivity contribution in [3.8, 4) is 5.75 Å². The van der Waals surface area contributed by atoms with Crippen molar-refractivity contribution in [2.45, 2.75) is 20.0 Å². The monoisotopic (exact) mass is 247 g/mol. The van der Waals surface area contributed by atoms with Crippen LogP contribution in [-0.2, 0) is 6.18 Å². The van der Waals surface area contributed by atoms with Gasteiger partial charge in [0.25, 0.3) is 0 Å². The van der Waals surface area contributed by atoms with E-state index in [0.717, 1.165) is 13.0 Å². The predicted molar refractivity (Wildman–Crippen MR) is 57.0 cm³/mol. The average molecular weight is 247 g/mol. The van der Waals surface area contributed by atoms with Gasteiger partial charge in [0.15, 0.2) is 11.5 Å². The molecule has 0 unspecified atom stereocenters. The van der Waals surface area contributed by atoms with Gasteiger partial charge >= 0.3 is 6.18 Å². The minimum atomic E-state index is -4.68. The Balaban J connectivity index is 3.56. The third kappa shape index (κ3) is 2.69. The van der Waals surface area contributed by atoms with Gasteiger partial charge in [-0.1, -0.05) is 0 Å². The largest absolute Gasteiger partial charge is 0.491 e. The molecule has 0 fully saturated rings. The number of Topliss-reactive ketones (excluding diaryl/α,β-unsaturated/α-hetero) is 1. The Kier molecular flexibility index (Phi) is 3.65. The highest BCUT2D eigenvalue weighted by atomic mass is 19.4. The van der Waals surface area contributed by atoms with E-state index in [9.17, 15) is 18.0 Å². The van der Waals surface area contributed by atoms with Crippen LogP contribution in [0.3, 0.4) is 0 Å². The smallest absolute Gasteiger partial charge is 0.420 e. The lowest BCUT2D eigenvalue weighted by Crippen LogP contribution is -2.15. The van der Waals surface area contributed by atoms with E-state index >= 15 is 0 Å². The Hall–Kier alpha value is -1.72. The van der Waals surface area contributed by atoms with E-state index in [0.29, 0.717) is 0 Å². The topological polar surface area (TPSA) is 52.3 Å². The number of nitrogen functional groups attached to an aromatic ring is 1. The molecule has 0 heterocycles. The first-order chi connectivity index (χ1) is 7.79. The Morgan fingerprint density at radius 1 is 1.41 bits per heavy atom. The minimum Gasteiger partial charge on any atom is -0.491 e. The van der Waals surface area contributed by atoms with Crippen LogP contribution in [-0.4, -0.2) is 12.4 Å². The summed E-state index contributed by atoms with van der Waals surface area (Å²) in [5, 5.41) is 0. The molecule has 0 radical (unpaired) electrons. The van der Waals surface area contributed by atoms with E-state index in [-0.39, 0.29) is 12.3 Å². The number of halogens is 3. The molecule has 0 amide bonds. The van der Waals surface area contributed by atoms with E-state index in [1.165, 1.54) is 6.07 Å². The summed E-state index contributed by atoms with van der Waals surface area (Å²) in [6.45, 7) is 2.64. The Morgan fingerprint density at radius 3 is 2.41 bits per heavy atom. The number of carbonyl (C=O) groups is 1. The van der Waals surface area contributed by atoms with Crippen LogP contribution in [0.5, 0.6) is 5.75 Å². The normalized spacial score (nSPS) is 11.4. The van der Waals surface area contributed by atoms with Crippen LogP contribution >= 0.6 is 0 Å². The third-order valence-corrected chi connectivity index (χ3v) is 2.14. The van der Waals surface area contributed by atoms with E-state index in [1.807, 2.05) is 0 Å². The predicted octanol–water partition coefficient (Wildman–Crippen LogP) is 2.89. The maximum absolute atomic E-state index is 12.9. The summed E-state index contributed by atoms with van der Waals surface area (Å²) in [5.41, 5.74) is 3.76. The molecule has 0 spiro atoms. The molecule has 0 atom stereocenters. The number of carbonyl (C=O) groups excluding carboxylic acids is 1. The number of alkyl halides is 3. The molecule has 1 rings (SSSR count). The molecule has 0 aromatic heterocycles. The number of benzene rings is 1. The molecule has 17 heavy (non-hydrogen) atoms. The zero-order valence-corrected chi connectivity index (χ0v) is 9.39. The first kappa shape index (κ1) is 13.3. The molecule has 3 nitrogen and oxygen atoms in total. The fraction of sp³-hybridized carbons (Fsp3) is 0.364. The van der Waals surface area contributed by atoms with Crippen molar-refractivity contribution in [1.82, 2.24) is 0 Å². The molecule has 0 aliphatic rings. The van der Waals surface area contributed by atoms with Gasteiger partial charge in [-0.15, -0.1) is 0 Å². The average Bonchev–Trinajstić information content (AvgIpc) is 2.18. The summed E-state index contributed by atoms with van der Waals surface area (Å²) in [5.74, 6) is -1.16. The van der Waals surface area contributed by atoms with Crippen molar-refractivity contribution < 1.29 is 22.7 Å². The van der Waals surface area contributed by atoms with Gasteiger partial charge < -0.3 is 10.5 Å². The zero-order valence-electron chi connectivity index (χ0n) is 9.39. The summed E-state index contributed by atoms with van der Waals surface area (Å²) >= 11 is 0. The number of anilines is 1. The Bertz CT molecular complexity index is 441. The summed E-state index contributed by atoms with van der Waals surface area (Å²) in [6, 6.07) is 2.29. The molecule has 0 aliphatic heterocycles. The van der Waals surface area contributed by atoms with Gasteiger partial charge in [-0.25, -0.2) is 0 Å². The van der Waals surface area contributed by atoms with Gasteiger partial charge in [0.2, 0.25) is 0 Å². The fourth-order valence-corrected chi connectivity index (χ4v) is 1.47. The van der Waals surface area contributed by atoms with Gasteiger partial charge in [0.05, 0.1) is 12.3 Å². The van der Waals surface area contributed by atoms with E-state index < -0.39 is 28.8 Å². The van der Waals surface area contributed by atoms with Crippen molar-refractivity contribution in [2.75, 3.05) is 12.3 Å². The molecule has 94 valence electrons. The highest BCUT2D eigenvalue weighted by Crippen LogP contribution is 2.42. The van der Waals surface area contributed by atoms with Crippen LogP contribution in [0.25, 0.3) is 0 Å². The molecule has 0 aliphatic carbocycles. The number of rotatable bonds is 3. The maximum atomic E-state index is 12.9. The summed E-state index contributed by atoms with van der Waals surface area (Å²) in [4.78, 5) is 11.2. The SMILES string of the molecule is CCOc1c(N)ccc(C(C)=O)c1C(F)(F)F. The molecular formula is C11H12F3NO2. The second-order valence-electron chi connectivity index (χ2n) is 3.39. The van der Waals surface area contributed by atoms with Crippen LogP contribution in [0.15, 0.2) is 12.1 Å². The van der Waals surface area contributed by atoms with Gasteiger partial charge in [-0.05, 0) is 26.0 Å². The molecule has 2 N–H and O–H groups in total. The lowest BCUT2D eigenvalue weighted by Gasteiger charge is -2.17. The minimum absolute atomic E-state index is 0.0363. The number of nitrogens with two attached hydrogens (primary N) is 1.